The maximum Gasteiger partial charge on any atom is 0.243 e. The summed E-state index contributed by atoms with van der Waals surface area (Å²) in [6, 6.07) is 10.2. The molecule has 0 aromatic heterocycles. The van der Waals surface area contributed by atoms with Crippen molar-refractivity contribution >= 4 is 31.5 Å². The molecule has 0 N–H and O–H groups in total. The molecule has 2 aromatic carbocycles. The first-order chi connectivity index (χ1) is 12.1. The molecule has 0 saturated carbocycles. The van der Waals surface area contributed by atoms with E-state index in [-0.39, 0.29) is 22.1 Å². The van der Waals surface area contributed by atoms with Crippen molar-refractivity contribution in [3.63, 3.8) is 0 Å². The fourth-order valence-electron chi connectivity index (χ4n) is 2.36. The normalized spacial score (nSPS) is 12.3. The summed E-state index contributed by atoms with van der Waals surface area (Å²) >= 11 is 5.98. The molecule has 26 heavy (non-hydrogen) atoms. The maximum absolute atomic E-state index is 12.8. The van der Waals surface area contributed by atoms with Crippen molar-refractivity contribution in [2.75, 3.05) is 19.9 Å². The highest BCUT2D eigenvalue weighted by atomic mass is 35.5. The van der Waals surface area contributed by atoms with Crippen molar-refractivity contribution < 1.29 is 21.6 Å². The molecule has 0 radical (unpaired) electrons. The lowest BCUT2D eigenvalue weighted by Gasteiger charge is -2.19. The fraction of sp³-hybridized carbons (Fsp3) is 0.294. The second-order valence-corrected chi connectivity index (χ2v) is 10.4. The standard InChI is InChI=1S/C17H20ClNO5S2/c1-4-25(20,21)15-6-8-16(9-7-15)26(22,23)19(2)12-13-11-14(18)5-10-17(13)24-3/h5-11H,4,12H2,1-3H3. The Bertz CT molecular complexity index is 986. The van der Waals surface area contributed by atoms with Crippen LogP contribution < -0.4 is 4.74 Å². The minimum absolute atomic E-state index is 0.0102. The van der Waals surface area contributed by atoms with E-state index < -0.39 is 19.9 Å². The van der Waals surface area contributed by atoms with Crippen LogP contribution in [0.4, 0.5) is 0 Å². The van der Waals surface area contributed by atoms with E-state index in [0.717, 1.165) is 4.31 Å². The van der Waals surface area contributed by atoms with E-state index in [1.165, 1.54) is 45.3 Å². The molecule has 0 heterocycles. The molecule has 0 saturated heterocycles. The Hall–Kier alpha value is -1.61. The van der Waals surface area contributed by atoms with Gasteiger partial charge in [0.2, 0.25) is 10.0 Å². The van der Waals surface area contributed by atoms with E-state index in [4.69, 9.17) is 16.3 Å². The molecule has 2 aromatic rings. The van der Waals surface area contributed by atoms with Gasteiger partial charge < -0.3 is 4.74 Å². The highest BCUT2D eigenvalue weighted by Gasteiger charge is 2.23. The molecule has 0 aliphatic carbocycles. The molecular weight excluding hydrogens is 398 g/mol. The Morgan fingerprint density at radius 2 is 1.58 bits per heavy atom. The van der Waals surface area contributed by atoms with E-state index in [0.29, 0.717) is 16.3 Å². The minimum Gasteiger partial charge on any atom is -0.496 e. The summed E-state index contributed by atoms with van der Waals surface area (Å²) in [5.41, 5.74) is 0.622. The van der Waals surface area contributed by atoms with Crippen LogP contribution in [0.15, 0.2) is 52.3 Å². The Morgan fingerprint density at radius 3 is 2.12 bits per heavy atom. The first-order valence-electron chi connectivity index (χ1n) is 7.73. The number of hydrogen-bond acceptors (Lipinski definition) is 5. The third-order valence-electron chi connectivity index (χ3n) is 3.91. The van der Waals surface area contributed by atoms with Gasteiger partial charge in [-0.05, 0) is 42.5 Å². The van der Waals surface area contributed by atoms with E-state index in [2.05, 4.69) is 0 Å². The second kappa shape index (κ2) is 7.96. The van der Waals surface area contributed by atoms with E-state index in [1.807, 2.05) is 0 Å². The van der Waals surface area contributed by atoms with Gasteiger partial charge in [-0.3, -0.25) is 0 Å². The quantitative estimate of drug-likeness (QED) is 0.691. The summed E-state index contributed by atoms with van der Waals surface area (Å²) in [7, 11) is -4.26. The third kappa shape index (κ3) is 4.37. The molecule has 0 bridgehead atoms. The molecule has 9 heteroatoms. The summed E-state index contributed by atoms with van der Waals surface area (Å²) < 4.78 is 55.6. The SMILES string of the molecule is CCS(=O)(=O)c1ccc(S(=O)(=O)N(C)Cc2cc(Cl)ccc2OC)cc1. The van der Waals surface area contributed by atoms with Crippen LogP contribution in [-0.2, 0) is 26.4 Å². The number of sulfone groups is 1. The first-order valence-corrected chi connectivity index (χ1v) is 11.2. The average Bonchev–Trinajstić information content (AvgIpc) is 2.62. The second-order valence-electron chi connectivity index (χ2n) is 5.59. The minimum atomic E-state index is -3.80. The zero-order valence-corrected chi connectivity index (χ0v) is 17.0. The van der Waals surface area contributed by atoms with Crippen molar-refractivity contribution in [3.8, 4) is 5.75 Å². The smallest absolute Gasteiger partial charge is 0.243 e. The number of halogens is 1. The fourth-order valence-corrected chi connectivity index (χ4v) is 4.59. The van der Waals surface area contributed by atoms with Gasteiger partial charge in [-0.1, -0.05) is 18.5 Å². The summed E-state index contributed by atoms with van der Waals surface area (Å²) in [6.07, 6.45) is 0. The van der Waals surface area contributed by atoms with Gasteiger partial charge >= 0.3 is 0 Å². The number of hydrogen-bond donors (Lipinski definition) is 0. The van der Waals surface area contributed by atoms with Crippen LogP contribution in [0.2, 0.25) is 5.02 Å². The van der Waals surface area contributed by atoms with Crippen LogP contribution in [0, 0.1) is 0 Å². The highest BCUT2D eigenvalue weighted by Crippen LogP contribution is 2.26. The molecule has 142 valence electrons. The van der Waals surface area contributed by atoms with Crippen molar-refractivity contribution in [1.82, 2.24) is 4.31 Å². The molecule has 0 spiro atoms. The predicted molar refractivity (Wildman–Crippen MR) is 101 cm³/mol. The number of sulfonamides is 1. The molecule has 2 rings (SSSR count). The van der Waals surface area contributed by atoms with Gasteiger partial charge in [0.05, 0.1) is 22.7 Å². The van der Waals surface area contributed by atoms with Crippen LogP contribution >= 0.6 is 11.6 Å². The van der Waals surface area contributed by atoms with Crippen molar-refractivity contribution in [3.05, 3.63) is 53.1 Å². The zero-order valence-electron chi connectivity index (χ0n) is 14.6. The van der Waals surface area contributed by atoms with Crippen molar-refractivity contribution in [2.45, 2.75) is 23.3 Å². The largest absolute Gasteiger partial charge is 0.496 e. The molecule has 0 aliphatic heterocycles. The van der Waals surface area contributed by atoms with E-state index >= 15 is 0 Å². The number of ether oxygens (including phenoxy) is 1. The Balaban J connectivity index is 2.31. The molecule has 0 aliphatic rings. The maximum atomic E-state index is 12.8. The molecule has 6 nitrogen and oxygen atoms in total. The Kier molecular flexibility index (Phi) is 6.33. The van der Waals surface area contributed by atoms with Crippen molar-refractivity contribution in [1.29, 1.82) is 0 Å². The van der Waals surface area contributed by atoms with Crippen LogP contribution in [0.5, 0.6) is 5.75 Å². The summed E-state index contributed by atoms with van der Waals surface area (Å²) in [5, 5.41) is 0.473. The van der Waals surface area contributed by atoms with Crippen LogP contribution in [0.3, 0.4) is 0 Å². The van der Waals surface area contributed by atoms with Crippen LogP contribution in [0.1, 0.15) is 12.5 Å². The first kappa shape index (κ1) is 20.7. The number of methoxy groups -OCH3 is 1. The van der Waals surface area contributed by atoms with Gasteiger partial charge in [0.25, 0.3) is 0 Å². The summed E-state index contributed by atoms with van der Waals surface area (Å²) in [5.74, 6) is 0.480. The zero-order chi connectivity index (χ0) is 19.5. The van der Waals surface area contributed by atoms with Gasteiger partial charge in [-0.15, -0.1) is 0 Å². The van der Waals surface area contributed by atoms with Gasteiger partial charge in [-0.2, -0.15) is 4.31 Å². The predicted octanol–water partition coefficient (Wildman–Crippen LogP) is 2.96. The number of nitrogens with zero attached hydrogens (tertiary/aromatic N) is 1. The Morgan fingerprint density at radius 1 is 1.00 bits per heavy atom. The van der Waals surface area contributed by atoms with Gasteiger partial charge in [0.1, 0.15) is 5.75 Å². The topological polar surface area (TPSA) is 80.8 Å². The van der Waals surface area contributed by atoms with Gasteiger partial charge in [0, 0.05) is 24.2 Å². The monoisotopic (exact) mass is 417 g/mol. The molecule has 0 amide bonds. The average molecular weight is 418 g/mol. The van der Waals surface area contributed by atoms with Gasteiger partial charge in [0.15, 0.2) is 9.84 Å². The lowest BCUT2D eigenvalue weighted by molar-refractivity contribution is 0.398. The Labute approximate surface area is 159 Å². The van der Waals surface area contributed by atoms with Crippen LogP contribution in [0.25, 0.3) is 0 Å². The molecule has 0 unspecified atom stereocenters. The van der Waals surface area contributed by atoms with E-state index in [1.54, 1.807) is 18.2 Å². The third-order valence-corrected chi connectivity index (χ3v) is 7.71. The number of rotatable bonds is 7. The van der Waals surface area contributed by atoms with Crippen molar-refractivity contribution in [2.24, 2.45) is 0 Å². The lowest BCUT2D eigenvalue weighted by atomic mass is 10.2. The summed E-state index contributed by atoms with van der Waals surface area (Å²) in [4.78, 5) is 0.106. The highest BCUT2D eigenvalue weighted by molar-refractivity contribution is 7.91. The van der Waals surface area contributed by atoms with Gasteiger partial charge in [-0.25, -0.2) is 16.8 Å². The number of benzene rings is 2. The molecule has 0 atom stereocenters. The van der Waals surface area contributed by atoms with Crippen LogP contribution in [-0.4, -0.2) is 41.1 Å². The lowest BCUT2D eigenvalue weighted by Crippen LogP contribution is -2.26. The molecular formula is C17H20ClNO5S2. The van der Waals surface area contributed by atoms with E-state index in [9.17, 15) is 16.8 Å². The molecule has 0 fully saturated rings. The summed E-state index contributed by atoms with van der Waals surface area (Å²) in [6.45, 7) is 1.59.